The van der Waals surface area contributed by atoms with Crippen LogP contribution in [0.15, 0.2) is 117 Å². The molecule has 0 fully saturated rings. The minimum absolute atomic E-state index is 0.593. The maximum absolute atomic E-state index is 2.75. The molecule has 4 aromatic carbocycles. The van der Waals surface area contributed by atoms with Crippen molar-refractivity contribution in [3.05, 3.63) is 108 Å². The molecular formula is C34H44S2Si4. The van der Waals surface area contributed by atoms with Crippen LogP contribution in [0.1, 0.15) is 16.7 Å². The van der Waals surface area contributed by atoms with E-state index in [1.165, 1.54) is 30.7 Å². The summed E-state index contributed by atoms with van der Waals surface area (Å²) >= 11 is 3.84. The van der Waals surface area contributed by atoms with Crippen LogP contribution in [-0.4, -0.2) is 29.4 Å². The summed E-state index contributed by atoms with van der Waals surface area (Å²) in [5.41, 5.74) is 6.89. The molecule has 6 heteroatoms. The highest BCUT2D eigenvalue weighted by Crippen LogP contribution is 2.57. The molecule has 0 radical (unpaired) electrons. The zero-order valence-electron chi connectivity index (χ0n) is 25.6. The van der Waals surface area contributed by atoms with Gasteiger partial charge < -0.3 is 0 Å². The van der Waals surface area contributed by atoms with E-state index in [1.807, 2.05) is 23.5 Å². The lowest BCUT2D eigenvalue weighted by molar-refractivity contribution is 1.14. The van der Waals surface area contributed by atoms with Crippen LogP contribution in [0.2, 0.25) is 58.9 Å². The van der Waals surface area contributed by atoms with Gasteiger partial charge in [-0.05, 0) is 76.3 Å². The van der Waals surface area contributed by atoms with Crippen molar-refractivity contribution in [2.24, 2.45) is 0 Å². The van der Waals surface area contributed by atoms with E-state index in [2.05, 4.69) is 156 Å². The zero-order valence-corrected chi connectivity index (χ0v) is 31.3. The van der Waals surface area contributed by atoms with Crippen LogP contribution in [0.5, 0.6) is 0 Å². The van der Waals surface area contributed by atoms with Crippen LogP contribution in [0.3, 0.4) is 0 Å². The van der Waals surface area contributed by atoms with E-state index in [0.717, 1.165) is 0 Å². The second-order valence-electron chi connectivity index (χ2n) is 14.3. The Morgan fingerprint density at radius 1 is 0.425 bits per heavy atom. The molecule has 0 saturated carbocycles. The number of hydrogen-bond acceptors (Lipinski definition) is 2. The molecule has 0 spiro atoms. The molecule has 0 saturated heterocycles. The second-order valence-corrected chi connectivity index (χ2v) is 57.4. The van der Waals surface area contributed by atoms with Crippen LogP contribution < -0.4 is 0 Å². The van der Waals surface area contributed by atoms with Crippen molar-refractivity contribution < 1.29 is 0 Å². The SMILES string of the molecule is C[Si](C)(C)[Si](C1c2cc(Sc3ccccc3)ccc2-c2ccc(Sc3ccccc3)cc21)([Si](C)(C)C)[Si](C)(C)C. The van der Waals surface area contributed by atoms with Gasteiger partial charge in [0.05, 0.1) is 6.63 Å². The van der Waals surface area contributed by atoms with Gasteiger partial charge in [-0.3, -0.25) is 0 Å². The van der Waals surface area contributed by atoms with Gasteiger partial charge in [-0.2, -0.15) is 0 Å². The first-order valence-electron chi connectivity index (χ1n) is 14.5. The Morgan fingerprint density at radius 3 is 1.10 bits per heavy atom. The summed E-state index contributed by atoms with van der Waals surface area (Å²) in [6, 6.07) is 36.7. The summed E-state index contributed by atoms with van der Waals surface area (Å²) in [6.07, 6.45) is 0. The van der Waals surface area contributed by atoms with Crippen LogP contribution in [0, 0.1) is 0 Å². The van der Waals surface area contributed by atoms with Crippen molar-refractivity contribution in [3.8, 4) is 11.1 Å². The first kappa shape index (κ1) is 29.9. The summed E-state index contributed by atoms with van der Waals surface area (Å²) < 4.78 is 0. The Bertz CT molecular complexity index is 1370. The predicted molar refractivity (Wildman–Crippen MR) is 191 cm³/mol. The predicted octanol–water partition coefficient (Wildman–Crippen LogP) is 11.3. The highest BCUT2D eigenvalue weighted by molar-refractivity contribution is 7.99. The first-order valence-corrected chi connectivity index (χ1v) is 31.7. The molecule has 0 bridgehead atoms. The lowest BCUT2D eigenvalue weighted by Crippen LogP contribution is -2.85. The average Bonchev–Trinajstić information content (AvgIpc) is 3.16. The number of fused-ring (bicyclic) bond motifs is 3. The van der Waals surface area contributed by atoms with Gasteiger partial charge in [-0.1, -0.05) is 131 Å². The average molecular weight is 629 g/mol. The lowest BCUT2D eigenvalue weighted by Gasteiger charge is -2.61. The Labute approximate surface area is 254 Å². The fourth-order valence-corrected chi connectivity index (χ4v) is 113. The Hall–Kier alpha value is -1.55. The van der Waals surface area contributed by atoms with E-state index in [1.54, 1.807) is 11.1 Å². The number of rotatable bonds is 8. The number of benzene rings is 4. The third-order valence-electron chi connectivity index (χ3n) is 8.90. The molecule has 0 nitrogen and oxygen atoms in total. The highest BCUT2D eigenvalue weighted by atomic mass is 32.2. The normalized spacial score (nSPS) is 14.2. The van der Waals surface area contributed by atoms with Gasteiger partial charge in [-0.15, -0.1) is 0 Å². The van der Waals surface area contributed by atoms with Gasteiger partial charge in [0.2, 0.25) is 0 Å². The molecule has 0 aromatic heterocycles. The summed E-state index contributed by atoms with van der Waals surface area (Å²) in [7, 11) is -4.63. The van der Waals surface area contributed by atoms with Gasteiger partial charge in [0, 0.05) is 42.4 Å². The molecular weight excluding hydrogens is 585 g/mol. The van der Waals surface area contributed by atoms with E-state index in [0.29, 0.717) is 5.54 Å². The fourth-order valence-electron chi connectivity index (χ4n) is 8.73. The summed E-state index contributed by atoms with van der Waals surface area (Å²) in [6.45, 7) is 22.9. The Balaban J connectivity index is 1.76. The van der Waals surface area contributed by atoms with Crippen molar-refractivity contribution in [3.63, 3.8) is 0 Å². The molecule has 208 valence electrons. The Morgan fingerprint density at radius 2 is 0.775 bits per heavy atom. The third-order valence-corrected chi connectivity index (χ3v) is 83.9. The molecule has 0 heterocycles. The van der Waals surface area contributed by atoms with E-state index in [-0.39, 0.29) is 0 Å². The topological polar surface area (TPSA) is 0 Å². The molecule has 0 unspecified atom stereocenters. The number of hydrogen-bond donors (Lipinski definition) is 0. The second kappa shape index (κ2) is 10.9. The minimum atomic E-state index is -1.80. The largest absolute Gasteiger partial charge is 0.0901 e. The smallest absolute Gasteiger partial charge is 0.0510 e. The van der Waals surface area contributed by atoms with Crippen molar-refractivity contribution in [2.75, 3.05) is 0 Å². The van der Waals surface area contributed by atoms with E-state index in [4.69, 9.17) is 0 Å². The molecule has 0 amide bonds. The van der Waals surface area contributed by atoms with Crippen LogP contribution in [0.25, 0.3) is 11.1 Å². The quantitative estimate of drug-likeness (QED) is 0.178. The minimum Gasteiger partial charge on any atom is -0.0901 e. The van der Waals surface area contributed by atoms with Crippen LogP contribution in [-0.2, 0) is 0 Å². The summed E-state index contributed by atoms with van der Waals surface area (Å²) in [4.78, 5) is 5.40. The van der Waals surface area contributed by atoms with Crippen molar-refractivity contribution in [1.82, 2.24) is 0 Å². The van der Waals surface area contributed by atoms with Gasteiger partial charge >= 0.3 is 0 Å². The van der Waals surface area contributed by atoms with Crippen molar-refractivity contribution in [2.45, 2.75) is 84.0 Å². The van der Waals surface area contributed by atoms with E-state index >= 15 is 0 Å². The lowest BCUT2D eigenvalue weighted by atomic mass is 10.1. The van der Waals surface area contributed by atoms with Gasteiger partial charge in [0.1, 0.15) is 0 Å². The summed E-state index contributed by atoms with van der Waals surface area (Å²) in [5, 5.41) is 0. The van der Waals surface area contributed by atoms with Crippen molar-refractivity contribution in [1.29, 1.82) is 0 Å². The summed E-state index contributed by atoms with van der Waals surface area (Å²) in [5.74, 6) is 0. The Kier molecular flexibility index (Phi) is 8.18. The van der Waals surface area contributed by atoms with Crippen LogP contribution in [0.4, 0.5) is 0 Å². The monoisotopic (exact) mass is 628 g/mol. The molecule has 1 aliphatic carbocycles. The standard InChI is InChI=1S/C34H44S2Si4/c1-37(2,3)40(38(4,5)6,39(7,8)9)34-32-24-28(35-26-16-12-10-13-17-26)20-22-30(32)31-23-21-29(25-33(31)34)36-27-18-14-11-15-19-27/h10-25,34H,1-9H3. The van der Waals surface area contributed by atoms with Gasteiger partial charge in [0.25, 0.3) is 0 Å². The van der Waals surface area contributed by atoms with Gasteiger partial charge in [0.15, 0.2) is 0 Å². The third kappa shape index (κ3) is 5.24. The van der Waals surface area contributed by atoms with Crippen molar-refractivity contribution >= 4 is 52.9 Å². The highest BCUT2D eigenvalue weighted by Gasteiger charge is 2.66. The maximum Gasteiger partial charge on any atom is 0.0510 e. The maximum atomic E-state index is 2.75. The van der Waals surface area contributed by atoms with E-state index in [9.17, 15) is 0 Å². The fraction of sp³-hybridized carbons (Fsp3) is 0.294. The van der Waals surface area contributed by atoms with E-state index < -0.39 is 29.4 Å². The van der Waals surface area contributed by atoms with Crippen LogP contribution >= 0.6 is 23.5 Å². The molecule has 0 N–H and O–H groups in total. The van der Waals surface area contributed by atoms with Gasteiger partial charge in [-0.25, -0.2) is 0 Å². The molecule has 0 atom stereocenters. The molecule has 40 heavy (non-hydrogen) atoms. The molecule has 5 rings (SSSR count). The molecule has 0 aliphatic heterocycles. The molecule has 4 aromatic rings. The molecule has 1 aliphatic rings. The first-order chi connectivity index (χ1) is 18.7. The zero-order chi connectivity index (χ0) is 28.9.